The van der Waals surface area contributed by atoms with Gasteiger partial charge in [0.1, 0.15) is 10.1 Å². The van der Waals surface area contributed by atoms with Gasteiger partial charge in [0.15, 0.2) is 0 Å². The Balaban J connectivity index is 1.81. The number of thioether (sulfide) groups is 2. The quantitative estimate of drug-likeness (QED) is 0.918. The minimum Gasteiger partial charge on any atom is -0.497 e. The van der Waals surface area contributed by atoms with Crippen LogP contribution in [0, 0.1) is 0 Å². The van der Waals surface area contributed by atoms with Crippen molar-refractivity contribution in [1.82, 2.24) is 5.32 Å². The molecule has 1 N–H and O–H groups in total. The van der Waals surface area contributed by atoms with Crippen molar-refractivity contribution >= 4 is 39.7 Å². The molecular weight excluding hydrogens is 296 g/mol. The highest BCUT2D eigenvalue weighted by Gasteiger charge is 2.13. The normalized spacial score (nSPS) is 13.8. The lowest BCUT2D eigenvalue weighted by molar-refractivity contribution is -0.117. The van der Waals surface area contributed by atoms with Gasteiger partial charge in [0.2, 0.25) is 5.91 Å². The van der Waals surface area contributed by atoms with E-state index in [9.17, 15) is 9.59 Å². The third-order valence-corrected chi connectivity index (χ3v) is 4.74. The first-order valence-electron chi connectivity index (χ1n) is 5.97. The van der Waals surface area contributed by atoms with Gasteiger partial charge in [-0.3, -0.25) is 19.9 Å². The number of aliphatic imine (C=N–C) groups is 1. The van der Waals surface area contributed by atoms with Crippen LogP contribution in [-0.2, 0) is 4.79 Å². The van der Waals surface area contributed by atoms with Crippen molar-refractivity contribution in [2.45, 2.75) is 0 Å². The molecule has 1 aromatic carbocycles. The molecule has 0 unspecified atom stereocenters. The standard InChI is InChI=1S/C13H14N2O3S2/c1-18-10-4-2-9(3-5-10)12(17)15-11(16)8-20-13-14-6-7-19-13/h2-5H,6-8H2,1H3,(H,15,16,17). The SMILES string of the molecule is COc1ccc(C(=O)NC(=O)CSC2=NCCS2)cc1. The Bertz CT molecular complexity index is 529. The van der Waals surface area contributed by atoms with Gasteiger partial charge in [-0.25, -0.2) is 0 Å². The van der Waals surface area contributed by atoms with Crippen molar-refractivity contribution in [2.75, 3.05) is 25.2 Å². The average Bonchev–Trinajstić information content (AvgIpc) is 2.98. The van der Waals surface area contributed by atoms with Crippen LogP contribution in [0.5, 0.6) is 5.75 Å². The highest BCUT2D eigenvalue weighted by Crippen LogP contribution is 2.21. The topological polar surface area (TPSA) is 67.8 Å². The summed E-state index contributed by atoms with van der Waals surface area (Å²) in [5, 5.41) is 2.35. The minimum absolute atomic E-state index is 0.202. The summed E-state index contributed by atoms with van der Waals surface area (Å²) < 4.78 is 5.92. The second kappa shape index (κ2) is 7.35. The van der Waals surface area contributed by atoms with E-state index in [1.54, 1.807) is 43.1 Å². The van der Waals surface area contributed by atoms with Crippen LogP contribution in [-0.4, -0.2) is 41.4 Å². The van der Waals surface area contributed by atoms with Crippen molar-refractivity contribution in [2.24, 2.45) is 4.99 Å². The summed E-state index contributed by atoms with van der Waals surface area (Å²) >= 11 is 3.00. The number of rotatable bonds is 4. The van der Waals surface area contributed by atoms with Crippen LogP contribution in [0.2, 0.25) is 0 Å². The van der Waals surface area contributed by atoms with E-state index in [0.717, 1.165) is 16.7 Å². The summed E-state index contributed by atoms with van der Waals surface area (Å²) in [5.41, 5.74) is 0.428. The Labute approximate surface area is 125 Å². The lowest BCUT2D eigenvalue weighted by atomic mass is 10.2. The predicted octanol–water partition coefficient (Wildman–Crippen LogP) is 1.79. The monoisotopic (exact) mass is 310 g/mol. The molecule has 2 rings (SSSR count). The number of hydrogen-bond donors (Lipinski definition) is 1. The second-order valence-corrected chi connectivity index (χ2v) is 6.20. The summed E-state index contributed by atoms with van der Waals surface area (Å²) in [4.78, 5) is 27.7. The minimum atomic E-state index is -0.403. The maximum Gasteiger partial charge on any atom is 0.257 e. The number of carbonyl (C=O) groups excluding carboxylic acids is 2. The number of nitrogens with zero attached hydrogens (tertiary/aromatic N) is 1. The molecular formula is C13H14N2O3S2. The van der Waals surface area contributed by atoms with E-state index in [1.165, 1.54) is 11.8 Å². The van der Waals surface area contributed by atoms with Crippen LogP contribution in [0.15, 0.2) is 29.3 Å². The molecule has 0 radical (unpaired) electrons. The molecule has 5 nitrogen and oxygen atoms in total. The Morgan fingerprint density at radius 2 is 2.15 bits per heavy atom. The van der Waals surface area contributed by atoms with Gasteiger partial charge in [-0.05, 0) is 24.3 Å². The smallest absolute Gasteiger partial charge is 0.257 e. The molecule has 0 saturated heterocycles. The van der Waals surface area contributed by atoms with E-state index in [2.05, 4.69) is 10.3 Å². The van der Waals surface area contributed by atoms with Gasteiger partial charge in [0.05, 0.1) is 19.4 Å². The summed E-state index contributed by atoms with van der Waals surface area (Å²) in [6, 6.07) is 6.59. The fraction of sp³-hybridized carbons (Fsp3) is 0.308. The average molecular weight is 310 g/mol. The number of carbonyl (C=O) groups is 2. The highest BCUT2D eigenvalue weighted by molar-refractivity contribution is 8.39. The van der Waals surface area contributed by atoms with Crippen LogP contribution in [0.4, 0.5) is 0 Å². The largest absolute Gasteiger partial charge is 0.497 e. The molecule has 0 fully saturated rings. The van der Waals surface area contributed by atoms with Gasteiger partial charge in [0.25, 0.3) is 5.91 Å². The van der Waals surface area contributed by atoms with Crippen LogP contribution in [0.1, 0.15) is 10.4 Å². The first-order chi connectivity index (χ1) is 9.69. The first-order valence-corrected chi connectivity index (χ1v) is 7.94. The molecule has 2 amide bonds. The van der Waals surface area contributed by atoms with Gasteiger partial charge >= 0.3 is 0 Å². The van der Waals surface area contributed by atoms with Gasteiger partial charge < -0.3 is 4.74 Å². The third kappa shape index (κ3) is 4.28. The zero-order valence-electron chi connectivity index (χ0n) is 10.9. The zero-order chi connectivity index (χ0) is 14.4. The fourth-order valence-corrected chi connectivity index (χ4v) is 3.32. The third-order valence-electron chi connectivity index (χ3n) is 2.49. The number of benzene rings is 1. The number of ether oxygens (including phenoxy) is 1. The van der Waals surface area contributed by atoms with Gasteiger partial charge in [-0.15, -0.1) is 0 Å². The summed E-state index contributed by atoms with van der Waals surface area (Å²) in [5.74, 6) is 1.12. The van der Waals surface area contributed by atoms with Crippen molar-refractivity contribution in [1.29, 1.82) is 0 Å². The number of imide groups is 1. The molecule has 0 saturated carbocycles. The van der Waals surface area contributed by atoms with Crippen molar-refractivity contribution in [3.63, 3.8) is 0 Å². The van der Waals surface area contributed by atoms with Crippen LogP contribution in [0.3, 0.4) is 0 Å². The second-order valence-electron chi connectivity index (χ2n) is 3.89. The first kappa shape index (κ1) is 14.9. The van der Waals surface area contributed by atoms with Crippen molar-refractivity contribution in [3.05, 3.63) is 29.8 Å². The van der Waals surface area contributed by atoms with Gasteiger partial charge in [-0.2, -0.15) is 0 Å². The molecule has 0 atom stereocenters. The molecule has 7 heteroatoms. The van der Waals surface area contributed by atoms with E-state index in [4.69, 9.17) is 4.74 Å². The Kier molecular flexibility index (Phi) is 5.49. The Morgan fingerprint density at radius 1 is 1.40 bits per heavy atom. The summed E-state index contributed by atoms with van der Waals surface area (Å²) in [6.45, 7) is 0.805. The fourth-order valence-electron chi connectivity index (χ4n) is 1.51. The summed E-state index contributed by atoms with van der Waals surface area (Å²) in [6.07, 6.45) is 0. The molecule has 0 spiro atoms. The van der Waals surface area contributed by atoms with Crippen LogP contribution < -0.4 is 10.1 Å². The number of methoxy groups -OCH3 is 1. The molecule has 20 heavy (non-hydrogen) atoms. The Hall–Kier alpha value is -1.47. The molecule has 1 aliphatic rings. The van der Waals surface area contributed by atoms with Crippen LogP contribution >= 0.6 is 23.5 Å². The van der Waals surface area contributed by atoms with Gasteiger partial charge in [0, 0.05) is 11.3 Å². The molecule has 1 heterocycles. The maximum absolute atomic E-state index is 11.8. The predicted molar refractivity (Wildman–Crippen MR) is 82.7 cm³/mol. The molecule has 1 aromatic rings. The van der Waals surface area contributed by atoms with E-state index < -0.39 is 5.91 Å². The Morgan fingerprint density at radius 3 is 2.75 bits per heavy atom. The number of amides is 2. The lowest BCUT2D eigenvalue weighted by Gasteiger charge is -2.05. The molecule has 0 bridgehead atoms. The number of nitrogens with one attached hydrogen (secondary N) is 1. The molecule has 1 aliphatic heterocycles. The maximum atomic E-state index is 11.8. The zero-order valence-corrected chi connectivity index (χ0v) is 12.6. The van der Waals surface area contributed by atoms with E-state index in [1.807, 2.05) is 0 Å². The van der Waals surface area contributed by atoms with Crippen LogP contribution in [0.25, 0.3) is 0 Å². The van der Waals surface area contributed by atoms with Gasteiger partial charge in [-0.1, -0.05) is 23.5 Å². The highest BCUT2D eigenvalue weighted by atomic mass is 32.2. The van der Waals surface area contributed by atoms with Crippen molar-refractivity contribution in [3.8, 4) is 5.75 Å². The van der Waals surface area contributed by atoms with E-state index in [0.29, 0.717) is 11.3 Å². The van der Waals surface area contributed by atoms with E-state index in [-0.39, 0.29) is 11.7 Å². The van der Waals surface area contributed by atoms with E-state index >= 15 is 0 Å². The lowest BCUT2D eigenvalue weighted by Crippen LogP contribution is -2.32. The van der Waals surface area contributed by atoms with Crippen molar-refractivity contribution < 1.29 is 14.3 Å². The molecule has 0 aromatic heterocycles. The molecule has 0 aliphatic carbocycles. The number of hydrogen-bond acceptors (Lipinski definition) is 6. The summed E-state index contributed by atoms with van der Waals surface area (Å²) in [7, 11) is 1.56. The molecule has 106 valence electrons.